The third kappa shape index (κ3) is 4.01. The monoisotopic (exact) mass is 329 g/mol. The van der Waals surface area contributed by atoms with Crippen molar-refractivity contribution in [2.45, 2.75) is 32.4 Å². The molecule has 1 aromatic rings. The number of nitrogens with one attached hydrogen (secondary N) is 1. The van der Waals surface area contributed by atoms with Crippen LogP contribution >= 0.6 is 27.5 Å². The van der Waals surface area contributed by atoms with Crippen LogP contribution in [0.4, 0.5) is 0 Å². The fraction of sp³-hybridized carbons (Fsp3) is 0.429. The molecule has 2 rings (SSSR count). The van der Waals surface area contributed by atoms with Gasteiger partial charge < -0.3 is 10.1 Å². The summed E-state index contributed by atoms with van der Waals surface area (Å²) in [4.78, 5) is 0. The summed E-state index contributed by atoms with van der Waals surface area (Å²) in [5, 5.41) is 4.01. The first-order valence-corrected chi connectivity index (χ1v) is 7.22. The van der Waals surface area contributed by atoms with Gasteiger partial charge in [0.2, 0.25) is 0 Å². The van der Waals surface area contributed by atoms with Crippen LogP contribution in [0, 0.1) is 6.92 Å². The third-order valence-corrected chi connectivity index (χ3v) is 3.41. The second-order valence-electron chi connectivity index (χ2n) is 4.67. The summed E-state index contributed by atoms with van der Waals surface area (Å²) >= 11 is 9.28. The van der Waals surface area contributed by atoms with Gasteiger partial charge in [0.05, 0.1) is 0 Å². The van der Waals surface area contributed by atoms with E-state index in [-0.39, 0.29) is 0 Å². The van der Waals surface area contributed by atoms with Gasteiger partial charge in [0.15, 0.2) is 0 Å². The molecule has 1 N–H and O–H groups in total. The zero-order chi connectivity index (χ0) is 13.1. The van der Waals surface area contributed by atoms with Gasteiger partial charge in [-0.3, -0.25) is 0 Å². The van der Waals surface area contributed by atoms with Crippen molar-refractivity contribution in [1.29, 1.82) is 0 Å². The lowest BCUT2D eigenvalue weighted by molar-refractivity contribution is 0.351. The average Bonchev–Trinajstić information content (AvgIpc) is 3.08. The summed E-state index contributed by atoms with van der Waals surface area (Å²) in [6, 6.07) is 4.82. The quantitative estimate of drug-likeness (QED) is 0.846. The summed E-state index contributed by atoms with van der Waals surface area (Å²) in [5.74, 6) is 0.910. The van der Waals surface area contributed by atoms with E-state index < -0.39 is 0 Å². The number of benzene rings is 1. The smallest absolute Gasteiger partial charge is 0.127 e. The van der Waals surface area contributed by atoms with E-state index in [2.05, 4.69) is 33.9 Å². The van der Waals surface area contributed by atoms with Crippen LogP contribution in [-0.4, -0.2) is 12.6 Å². The Balaban J connectivity index is 2.13. The third-order valence-electron chi connectivity index (χ3n) is 2.85. The van der Waals surface area contributed by atoms with Gasteiger partial charge in [0, 0.05) is 27.7 Å². The molecule has 0 saturated heterocycles. The Bertz CT molecular complexity index is 457. The molecule has 1 fully saturated rings. The zero-order valence-corrected chi connectivity index (χ0v) is 12.8. The minimum absolute atomic E-state index is 0.348. The van der Waals surface area contributed by atoms with Gasteiger partial charge in [-0.25, -0.2) is 0 Å². The molecule has 1 saturated carbocycles. The van der Waals surface area contributed by atoms with E-state index in [0.29, 0.717) is 17.7 Å². The lowest BCUT2D eigenvalue weighted by Gasteiger charge is -2.15. The first-order chi connectivity index (χ1) is 8.56. The first kappa shape index (κ1) is 13.9. The molecule has 0 aromatic heterocycles. The van der Waals surface area contributed by atoms with Crippen molar-refractivity contribution in [3.8, 4) is 5.75 Å². The van der Waals surface area contributed by atoms with Crippen LogP contribution in [0.1, 0.15) is 24.0 Å². The van der Waals surface area contributed by atoms with E-state index in [9.17, 15) is 0 Å². The van der Waals surface area contributed by atoms with Crippen molar-refractivity contribution in [2.24, 2.45) is 0 Å². The van der Waals surface area contributed by atoms with Crippen molar-refractivity contribution in [3.63, 3.8) is 0 Å². The van der Waals surface area contributed by atoms with Gasteiger partial charge in [0.1, 0.15) is 12.4 Å². The molecule has 0 spiro atoms. The molecule has 98 valence electrons. The molecule has 0 bridgehead atoms. The lowest BCUT2D eigenvalue weighted by atomic mass is 10.1. The van der Waals surface area contributed by atoms with Crippen molar-refractivity contribution in [2.75, 3.05) is 6.61 Å². The highest BCUT2D eigenvalue weighted by molar-refractivity contribution is 9.10. The Morgan fingerprint density at radius 3 is 2.89 bits per heavy atom. The van der Waals surface area contributed by atoms with Crippen LogP contribution in [0.5, 0.6) is 5.75 Å². The Morgan fingerprint density at radius 2 is 2.28 bits per heavy atom. The number of ether oxygens (including phenoxy) is 1. The molecular formula is C14H17BrClNO. The number of halogens is 2. The van der Waals surface area contributed by atoms with Crippen molar-refractivity contribution >= 4 is 27.5 Å². The van der Waals surface area contributed by atoms with E-state index >= 15 is 0 Å². The van der Waals surface area contributed by atoms with E-state index in [1.165, 1.54) is 12.8 Å². The number of rotatable bonds is 6. The molecule has 1 aliphatic carbocycles. The molecule has 2 nitrogen and oxygen atoms in total. The fourth-order valence-electron chi connectivity index (χ4n) is 1.83. The van der Waals surface area contributed by atoms with E-state index in [1.54, 1.807) is 0 Å². The maximum atomic E-state index is 5.76. The zero-order valence-electron chi connectivity index (χ0n) is 10.4. The summed E-state index contributed by atoms with van der Waals surface area (Å²) in [7, 11) is 0. The van der Waals surface area contributed by atoms with E-state index in [4.69, 9.17) is 16.3 Å². The maximum absolute atomic E-state index is 5.76. The van der Waals surface area contributed by atoms with Crippen LogP contribution in [0.25, 0.3) is 0 Å². The molecule has 1 aliphatic rings. The summed E-state index contributed by atoms with van der Waals surface area (Å²) in [6.07, 6.45) is 2.56. The Kier molecular flexibility index (Phi) is 4.71. The van der Waals surface area contributed by atoms with Crippen molar-refractivity contribution < 1.29 is 4.74 Å². The number of aryl methyl sites for hydroxylation is 1. The maximum Gasteiger partial charge on any atom is 0.127 e. The molecule has 0 heterocycles. The van der Waals surface area contributed by atoms with Crippen LogP contribution < -0.4 is 10.1 Å². The summed E-state index contributed by atoms with van der Waals surface area (Å²) < 4.78 is 6.82. The Morgan fingerprint density at radius 1 is 1.56 bits per heavy atom. The highest BCUT2D eigenvalue weighted by Crippen LogP contribution is 2.29. The highest BCUT2D eigenvalue weighted by Gasteiger charge is 2.21. The molecule has 0 radical (unpaired) electrons. The van der Waals surface area contributed by atoms with Crippen molar-refractivity contribution in [3.05, 3.63) is 39.3 Å². The normalized spacial score (nSPS) is 14.6. The molecule has 4 heteroatoms. The molecule has 18 heavy (non-hydrogen) atoms. The van der Waals surface area contributed by atoms with E-state index in [0.717, 1.165) is 27.9 Å². The molecule has 0 atom stereocenters. The number of hydrogen-bond donors (Lipinski definition) is 1. The minimum atomic E-state index is 0.348. The highest BCUT2D eigenvalue weighted by atomic mass is 79.9. The predicted molar refractivity (Wildman–Crippen MR) is 79.2 cm³/mol. The molecule has 1 aromatic carbocycles. The van der Waals surface area contributed by atoms with Gasteiger partial charge in [-0.05, 0) is 37.5 Å². The average molecular weight is 331 g/mol. The number of hydrogen-bond acceptors (Lipinski definition) is 2. The minimum Gasteiger partial charge on any atom is -0.487 e. The van der Waals surface area contributed by atoms with Crippen LogP contribution in [0.3, 0.4) is 0 Å². The van der Waals surface area contributed by atoms with Crippen LogP contribution in [-0.2, 0) is 6.54 Å². The van der Waals surface area contributed by atoms with Gasteiger partial charge in [-0.15, -0.1) is 0 Å². The topological polar surface area (TPSA) is 21.3 Å². The molecule has 0 amide bonds. The SMILES string of the molecule is C=C(Cl)COc1c(C)cc(Br)cc1CNC1CC1. The second-order valence-corrected chi connectivity index (χ2v) is 6.12. The van der Waals surface area contributed by atoms with Gasteiger partial charge in [-0.1, -0.05) is 34.1 Å². The Labute approximate surface area is 121 Å². The molecular weight excluding hydrogens is 314 g/mol. The largest absolute Gasteiger partial charge is 0.487 e. The second kappa shape index (κ2) is 6.09. The summed E-state index contributed by atoms with van der Waals surface area (Å²) in [5.41, 5.74) is 2.27. The standard InChI is InChI=1S/C14H17BrClNO/c1-9-5-12(15)6-11(7-17-13-3-4-13)14(9)18-8-10(2)16/h5-6,13,17H,2-4,7-8H2,1H3. The van der Waals surface area contributed by atoms with Gasteiger partial charge in [0.25, 0.3) is 0 Å². The lowest BCUT2D eigenvalue weighted by Crippen LogP contribution is -2.16. The first-order valence-electron chi connectivity index (χ1n) is 6.04. The van der Waals surface area contributed by atoms with Gasteiger partial charge >= 0.3 is 0 Å². The Hall–Kier alpha value is -0.510. The van der Waals surface area contributed by atoms with Crippen LogP contribution in [0.15, 0.2) is 28.2 Å². The molecule has 0 aliphatic heterocycles. The van der Waals surface area contributed by atoms with Crippen LogP contribution in [0.2, 0.25) is 0 Å². The van der Waals surface area contributed by atoms with Gasteiger partial charge in [-0.2, -0.15) is 0 Å². The molecule has 0 unspecified atom stereocenters. The van der Waals surface area contributed by atoms with Crippen molar-refractivity contribution in [1.82, 2.24) is 5.32 Å². The fourth-order valence-corrected chi connectivity index (χ4v) is 2.50. The summed E-state index contributed by atoms with van der Waals surface area (Å²) in [6.45, 7) is 6.86. The van der Waals surface area contributed by atoms with E-state index in [1.807, 2.05) is 13.0 Å². The predicted octanol–water partition coefficient (Wildman–Crippen LogP) is 4.14.